The number of rotatable bonds is 3. The van der Waals surface area contributed by atoms with Crippen molar-refractivity contribution in [3.8, 4) is 17.2 Å². The van der Waals surface area contributed by atoms with E-state index in [-0.39, 0.29) is 17.2 Å². The highest BCUT2D eigenvalue weighted by Gasteiger charge is 2.29. The minimum Gasteiger partial charge on any atom is -0.508 e. The molecule has 22 heavy (non-hydrogen) atoms. The first-order valence-electron chi connectivity index (χ1n) is 6.75. The molecule has 0 unspecified atom stereocenters. The van der Waals surface area contributed by atoms with Gasteiger partial charge in [0, 0.05) is 6.07 Å². The summed E-state index contributed by atoms with van der Waals surface area (Å²) in [4.78, 5) is 3.01. The minimum atomic E-state index is -0.424. The molecular formula is C18H15O3S+. The molecule has 0 heterocycles. The normalized spacial score (nSPS) is 10.8. The summed E-state index contributed by atoms with van der Waals surface area (Å²) in [5, 5.41) is 28.7. The van der Waals surface area contributed by atoms with E-state index in [0.717, 1.165) is 14.7 Å². The summed E-state index contributed by atoms with van der Waals surface area (Å²) in [7, 11) is -0.424. The largest absolute Gasteiger partial charge is 0.508 e. The van der Waals surface area contributed by atoms with Gasteiger partial charge in [-0.1, -0.05) is 6.07 Å². The Balaban J connectivity index is 2.13. The van der Waals surface area contributed by atoms with E-state index in [2.05, 4.69) is 0 Å². The first-order valence-corrected chi connectivity index (χ1v) is 7.97. The number of benzene rings is 3. The Bertz CT molecular complexity index is 722. The van der Waals surface area contributed by atoms with Gasteiger partial charge in [-0.3, -0.25) is 0 Å². The van der Waals surface area contributed by atoms with Crippen LogP contribution in [0.15, 0.2) is 87.5 Å². The molecule has 0 saturated carbocycles. The molecule has 4 heteroatoms. The van der Waals surface area contributed by atoms with Crippen LogP contribution in [-0.4, -0.2) is 15.3 Å². The fourth-order valence-electron chi connectivity index (χ4n) is 2.18. The van der Waals surface area contributed by atoms with Crippen LogP contribution in [-0.2, 0) is 10.9 Å². The lowest BCUT2D eigenvalue weighted by molar-refractivity contribution is 0.473. The summed E-state index contributed by atoms with van der Waals surface area (Å²) < 4.78 is 0. The molecule has 3 nitrogen and oxygen atoms in total. The average molecular weight is 311 g/mol. The van der Waals surface area contributed by atoms with Crippen molar-refractivity contribution in [1.29, 1.82) is 0 Å². The Morgan fingerprint density at radius 3 is 1.45 bits per heavy atom. The van der Waals surface area contributed by atoms with Crippen molar-refractivity contribution in [2.45, 2.75) is 14.7 Å². The second-order valence-electron chi connectivity index (χ2n) is 4.79. The molecule has 0 saturated heterocycles. The van der Waals surface area contributed by atoms with Crippen LogP contribution in [0.25, 0.3) is 0 Å². The maximum atomic E-state index is 9.77. The molecule has 110 valence electrons. The number of hydrogen-bond acceptors (Lipinski definition) is 3. The Labute approximate surface area is 131 Å². The van der Waals surface area contributed by atoms with E-state index in [9.17, 15) is 15.3 Å². The lowest BCUT2D eigenvalue weighted by Gasteiger charge is -2.08. The second-order valence-corrected chi connectivity index (χ2v) is 6.82. The van der Waals surface area contributed by atoms with Crippen molar-refractivity contribution in [2.24, 2.45) is 0 Å². The molecule has 3 rings (SSSR count). The molecule has 0 amide bonds. The zero-order valence-corrected chi connectivity index (χ0v) is 12.5. The quantitative estimate of drug-likeness (QED) is 0.643. The molecule has 3 aromatic carbocycles. The summed E-state index contributed by atoms with van der Waals surface area (Å²) in [6, 6.07) is 21.2. The number of phenolic OH excluding ortho intramolecular Hbond substituents is 3. The first-order chi connectivity index (χ1) is 10.6. The topological polar surface area (TPSA) is 60.7 Å². The second kappa shape index (κ2) is 6.03. The van der Waals surface area contributed by atoms with Crippen molar-refractivity contribution in [2.75, 3.05) is 0 Å². The van der Waals surface area contributed by atoms with Gasteiger partial charge in [0.2, 0.25) is 0 Å². The van der Waals surface area contributed by atoms with Gasteiger partial charge in [-0.15, -0.1) is 0 Å². The highest BCUT2D eigenvalue weighted by molar-refractivity contribution is 7.97. The van der Waals surface area contributed by atoms with Crippen LogP contribution in [0.3, 0.4) is 0 Å². The molecule has 0 aliphatic rings. The highest BCUT2D eigenvalue weighted by atomic mass is 32.2. The van der Waals surface area contributed by atoms with E-state index in [1.165, 1.54) is 0 Å². The van der Waals surface area contributed by atoms with E-state index in [1.807, 2.05) is 36.4 Å². The monoisotopic (exact) mass is 311 g/mol. The Morgan fingerprint density at radius 1 is 0.500 bits per heavy atom. The lowest BCUT2D eigenvalue weighted by Crippen LogP contribution is -2.04. The molecular weight excluding hydrogens is 296 g/mol. The predicted octanol–water partition coefficient (Wildman–Crippen LogP) is 3.90. The van der Waals surface area contributed by atoms with Crippen molar-refractivity contribution in [3.63, 3.8) is 0 Å². The van der Waals surface area contributed by atoms with Gasteiger partial charge in [0.05, 0.1) is 10.9 Å². The van der Waals surface area contributed by atoms with Crippen LogP contribution in [0.2, 0.25) is 0 Å². The van der Waals surface area contributed by atoms with Crippen LogP contribution in [0, 0.1) is 0 Å². The molecule has 3 N–H and O–H groups in total. The molecule has 0 radical (unpaired) electrons. The summed E-state index contributed by atoms with van der Waals surface area (Å²) in [5.74, 6) is 0.649. The third kappa shape index (κ3) is 3.02. The first kappa shape index (κ1) is 14.4. The molecule has 0 atom stereocenters. The van der Waals surface area contributed by atoms with Gasteiger partial charge in [-0.05, 0) is 60.7 Å². The number of phenols is 3. The zero-order chi connectivity index (χ0) is 15.5. The van der Waals surface area contributed by atoms with Gasteiger partial charge in [0.25, 0.3) is 0 Å². The van der Waals surface area contributed by atoms with Gasteiger partial charge < -0.3 is 15.3 Å². The fourth-order valence-corrected chi connectivity index (χ4v) is 4.27. The number of aromatic hydroxyl groups is 3. The smallest absolute Gasteiger partial charge is 0.170 e. The SMILES string of the molecule is Oc1ccc([S+](c2ccc(O)cc2)c2cccc(O)c2)cc1. The van der Waals surface area contributed by atoms with Gasteiger partial charge in [-0.2, -0.15) is 0 Å². The van der Waals surface area contributed by atoms with Crippen LogP contribution in [0.5, 0.6) is 17.2 Å². The molecule has 0 aliphatic carbocycles. The van der Waals surface area contributed by atoms with Gasteiger partial charge in [0.15, 0.2) is 14.7 Å². The van der Waals surface area contributed by atoms with Gasteiger partial charge in [0.1, 0.15) is 17.2 Å². The van der Waals surface area contributed by atoms with Gasteiger partial charge >= 0.3 is 0 Å². The third-order valence-electron chi connectivity index (χ3n) is 3.20. The van der Waals surface area contributed by atoms with E-state index in [1.54, 1.807) is 36.4 Å². The van der Waals surface area contributed by atoms with E-state index >= 15 is 0 Å². The summed E-state index contributed by atoms with van der Waals surface area (Å²) >= 11 is 0. The standard InChI is InChI=1S/C18H14O3S/c19-13-4-8-16(9-5-13)22(17-10-6-14(20)7-11-17)18-3-1-2-15(21)12-18/h1-12H,(H2-,19,20,21)/p+1. The van der Waals surface area contributed by atoms with Crippen LogP contribution < -0.4 is 0 Å². The molecule has 0 bridgehead atoms. The van der Waals surface area contributed by atoms with Crippen molar-refractivity contribution in [1.82, 2.24) is 0 Å². The summed E-state index contributed by atoms with van der Waals surface area (Å²) in [5.41, 5.74) is 0. The van der Waals surface area contributed by atoms with E-state index in [0.29, 0.717) is 0 Å². The van der Waals surface area contributed by atoms with Gasteiger partial charge in [-0.25, -0.2) is 0 Å². The fraction of sp³-hybridized carbons (Fsp3) is 0. The van der Waals surface area contributed by atoms with E-state index in [4.69, 9.17) is 0 Å². The predicted molar refractivity (Wildman–Crippen MR) is 86.5 cm³/mol. The van der Waals surface area contributed by atoms with Crippen LogP contribution >= 0.6 is 0 Å². The molecule has 3 aromatic rings. The van der Waals surface area contributed by atoms with E-state index < -0.39 is 10.9 Å². The van der Waals surface area contributed by atoms with Crippen molar-refractivity contribution in [3.05, 3.63) is 72.8 Å². The van der Waals surface area contributed by atoms with Crippen molar-refractivity contribution < 1.29 is 15.3 Å². The zero-order valence-electron chi connectivity index (χ0n) is 11.7. The summed E-state index contributed by atoms with van der Waals surface area (Å²) in [6.45, 7) is 0. The Kier molecular flexibility index (Phi) is 3.94. The average Bonchev–Trinajstić information content (AvgIpc) is 2.51. The maximum absolute atomic E-state index is 9.77. The Hall–Kier alpha value is -2.59. The molecule has 0 spiro atoms. The summed E-state index contributed by atoms with van der Waals surface area (Å²) in [6.07, 6.45) is 0. The number of hydrogen-bond donors (Lipinski definition) is 3. The van der Waals surface area contributed by atoms with Crippen LogP contribution in [0.1, 0.15) is 0 Å². The maximum Gasteiger partial charge on any atom is 0.170 e. The van der Waals surface area contributed by atoms with Crippen molar-refractivity contribution >= 4 is 10.9 Å². The Morgan fingerprint density at radius 2 is 1.00 bits per heavy atom. The lowest BCUT2D eigenvalue weighted by atomic mass is 10.3. The molecule has 0 fully saturated rings. The third-order valence-corrected chi connectivity index (χ3v) is 5.41. The molecule has 0 aliphatic heterocycles. The minimum absolute atomic E-state index is 0.215. The highest BCUT2D eigenvalue weighted by Crippen LogP contribution is 2.33. The molecule has 0 aromatic heterocycles. The van der Waals surface area contributed by atoms with Crippen LogP contribution in [0.4, 0.5) is 0 Å².